The Labute approximate surface area is 245 Å². The third-order valence-corrected chi connectivity index (χ3v) is 8.36. The van der Waals surface area contributed by atoms with Gasteiger partial charge in [-0.3, -0.25) is 9.59 Å². The fraction of sp³-hybridized carbons (Fsp3) is 0.344. The molecule has 3 aromatic carbocycles. The number of nitrogens with one attached hydrogen (secondary N) is 2. The van der Waals surface area contributed by atoms with Gasteiger partial charge in [-0.15, -0.1) is 0 Å². The summed E-state index contributed by atoms with van der Waals surface area (Å²) in [6.45, 7) is 3.68. The number of carbonyl (C=O) groups excluding carboxylic acids is 3. The Hall–Kier alpha value is -4.73. The second-order valence-corrected chi connectivity index (χ2v) is 10.8. The van der Waals surface area contributed by atoms with Gasteiger partial charge in [0.1, 0.15) is 12.1 Å². The van der Waals surface area contributed by atoms with Crippen molar-refractivity contribution in [3.63, 3.8) is 0 Å². The zero-order chi connectivity index (χ0) is 29.1. The van der Waals surface area contributed by atoms with Gasteiger partial charge in [-0.05, 0) is 60.7 Å². The van der Waals surface area contributed by atoms with E-state index in [4.69, 9.17) is 9.47 Å². The normalized spacial score (nSPS) is 17.1. The number of para-hydroxylation sites is 2. The predicted octanol–water partition coefficient (Wildman–Crippen LogP) is 3.97. The van der Waals surface area contributed by atoms with Crippen LogP contribution < -0.4 is 25.0 Å². The highest BCUT2D eigenvalue weighted by atomic mass is 16.7. The molecule has 3 aliphatic heterocycles. The molecule has 2 N–H and O–H groups in total. The summed E-state index contributed by atoms with van der Waals surface area (Å²) in [5.74, 6) is 1.03. The van der Waals surface area contributed by atoms with Crippen molar-refractivity contribution in [3.05, 3.63) is 83.9 Å². The van der Waals surface area contributed by atoms with Crippen LogP contribution in [0.25, 0.3) is 0 Å². The fourth-order valence-electron chi connectivity index (χ4n) is 6.03. The number of ether oxygens (including phenoxy) is 2. The number of nitrogens with zero attached hydrogens (tertiary/aromatic N) is 3. The average molecular weight is 570 g/mol. The summed E-state index contributed by atoms with van der Waals surface area (Å²) in [7, 11) is 0. The van der Waals surface area contributed by atoms with Crippen molar-refractivity contribution in [1.29, 1.82) is 0 Å². The van der Waals surface area contributed by atoms with Gasteiger partial charge in [0.25, 0.3) is 5.91 Å². The number of likely N-dealkylation sites (tertiary alicyclic amines) is 1. The number of rotatable bonds is 7. The lowest BCUT2D eigenvalue weighted by Gasteiger charge is -2.43. The van der Waals surface area contributed by atoms with Crippen LogP contribution in [0.2, 0.25) is 0 Å². The van der Waals surface area contributed by atoms with Crippen LogP contribution in [0.4, 0.5) is 16.2 Å². The SMILES string of the molecule is CCc1ccccc1NC(=O)N1CCC2(CC1)C(=O)N(CC(=O)NCc1ccc3c(c1)OCO3)CN2c1ccccc1. The monoisotopic (exact) mass is 569 g/mol. The topological polar surface area (TPSA) is 103 Å². The van der Waals surface area contributed by atoms with E-state index < -0.39 is 5.54 Å². The molecule has 10 heteroatoms. The first-order valence-electron chi connectivity index (χ1n) is 14.4. The maximum absolute atomic E-state index is 14.0. The lowest BCUT2D eigenvalue weighted by atomic mass is 9.85. The maximum atomic E-state index is 14.0. The molecule has 1 spiro atoms. The molecule has 2 fully saturated rings. The van der Waals surface area contributed by atoms with Crippen LogP contribution in [-0.2, 0) is 22.6 Å². The van der Waals surface area contributed by atoms with Crippen LogP contribution in [0, 0.1) is 0 Å². The quantitative estimate of drug-likeness (QED) is 0.447. The number of fused-ring (bicyclic) bond motifs is 1. The van der Waals surface area contributed by atoms with Crippen LogP contribution in [0.5, 0.6) is 11.5 Å². The molecule has 3 heterocycles. The smallest absolute Gasteiger partial charge is 0.321 e. The van der Waals surface area contributed by atoms with E-state index in [-0.39, 0.29) is 31.2 Å². The molecular formula is C32H35N5O5. The van der Waals surface area contributed by atoms with Gasteiger partial charge in [0, 0.05) is 31.0 Å². The van der Waals surface area contributed by atoms with Crippen molar-refractivity contribution < 1.29 is 23.9 Å². The van der Waals surface area contributed by atoms with Gasteiger partial charge in [0.15, 0.2) is 11.5 Å². The molecular weight excluding hydrogens is 534 g/mol. The van der Waals surface area contributed by atoms with E-state index in [2.05, 4.69) is 22.5 Å². The van der Waals surface area contributed by atoms with Gasteiger partial charge in [-0.25, -0.2) is 4.79 Å². The minimum absolute atomic E-state index is 0.0491. The highest BCUT2D eigenvalue weighted by Crippen LogP contribution is 2.39. The van der Waals surface area contributed by atoms with Crippen molar-refractivity contribution in [3.8, 4) is 11.5 Å². The van der Waals surface area contributed by atoms with Gasteiger partial charge in [0.2, 0.25) is 12.7 Å². The number of hydrogen-bond donors (Lipinski definition) is 2. The van der Waals surface area contributed by atoms with E-state index in [1.807, 2.05) is 72.8 Å². The van der Waals surface area contributed by atoms with Gasteiger partial charge in [0.05, 0.1) is 6.67 Å². The lowest BCUT2D eigenvalue weighted by molar-refractivity contribution is -0.137. The Kier molecular flexibility index (Phi) is 7.60. The number of benzene rings is 3. The number of carbonyl (C=O) groups is 3. The molecule has 42 heavy (non-hydrogen) atoms. The standard InChI is InChI=1S/C32H35N5O5/c1-2-24-8-6-7-11-26(24)34-31(40)35-16-14-32(15-17-35)30(39)36(21-37(32)25-9-4-3-5-10-25)20-29(38)33-19-23-12-13-27-28(18-23)42-22-41-27/h3-13,18H,2,14-17,19-22H2,1H3,(H,33,38)(H,34,40). The third kappa shape index (κ3) is 5.32. The van der Waals surface area contributed by atoms with Crippen LogP contribution in [0.1, 0.15) is 30.9 Å². The number of hydrogen-bond acceptors (Lipinski definition) is 6. The summed E-state index contributed by atoms with van der Waals surface area (Å²) in [6, 6.07) is 23.0. The number of aryl methyl sites for hydroxylation is 1. The van der Waals surface area contributed by atoms with Crippen molar-refractivity contribution in [1.82, 2.24) is 15.1 Å². The largest absolute Gasteiger partial charge is 0.454 e. The molecule has 0 unspecified atom stereocenters. The number of anilines is 2. The first-order chi connectivity index (χ1) is 20.5. The summed E-state index contributed by atoms with van der Waals surface area (Å²) in [4.78, 5) is 45.7. The molecule has 0 radical (unpaired) electrons. The Morgan fingerprint density at radius 2 is 1.67 bits per heavy atom. The van der Waals surface area contributed by atoms with Crippen LogP contribution in [0.3, 0.4) is 0 Å². The van der Waals surface area contributed by atoms with Gasteiger partial charge in [-0.1, -0.05) is 49.4 Å². The van der Waals surface area contributed by atoms with Crippen molar-refractivity contribution in [2.45, 2.75) is 38.3 Å². The molecule has 0 saturated carbocycles. The lowest BCUT2D eigenvalue weighted by Crippen LogP contribution is -2.58. The molecule has 6 rings (SSSR count). The molecule has 0 bridgehead atoms. The second-order valence-electron chi connectivity index (χ2n) is 10.8. The minimum atomic E-state index is -0.822. The molecule has 2 saturated heterocycles. The Morgan fingerprint density at radius 3 is 2.45 bits per heavy atom. The summed E-state index contributed by atoms with van der Waals surface area (Å²) in [5, 5.41) is 5.98. The van der Waals surface area contributed by atoms with Crippen molar-refractivity contribution in [2.75, 3.05) is 43.3 Å². The molecule has 218 valence electrons. The van der Waals surface area contributed by atoms with Crippen LogP contribution >= 0.6 is 0 Å². The average Bonchev–Trinajstić information content (AvgIpc) is 3.59. The summed E-state index contributed by atoms with van der Waals surface area (Å²) in [6.07, 6.45) is 1.76. The molecule has 0 aliphatic carbocycles. The third-order valence-electron chi connectivity index (χ3n) is 8.36. The maximum Gasteiger partial charge on any atom is 0.321 e. The number of amides is 4. The predicted molar refractivity (Wildman–Crippen MR) is 158 cm³/mol. The molecule has 10 nitrogen and oxygen atoms in total. The van der Waals surface area contributed by atoms with Gasteiger partial charge in [-0.2, -0.15) is 0 Å². The second kappa shape index (κ2) is 11.6. The molecule has 4 amide bonds. The minimum Gasteiger partial charge on any atom is -0.454 e. The van der Waals surface area contributed by atoms with E-state index in [0.29, 0.717) is 50.6 Å². The zero-order valence-corrected chi connectivity index (χ0v) is 23.7. The van der Waals surface area contributed by atoms with E-state index in [1.54, 1.807) is 9.80 Å². The van der Waals surface area contributed by atoms with Crippen LogP contribution in [-0.4, -0.2) is 66.3 Å². The van der Waals surface area contributed by atoms with E-state index >= 15 is 0 Å². The van der Waals surface area contributed by atoms with Gasteiger partial charge >= 0.3 is 6.03 Å². The Morgan fingerprint density at radius 1 is 0.929 bits per heavy atom. The summed E-state index contributed by atoms with van der Waals surface area (Å²) in [5.41, 5.74) is 2.87. The molecule has 3 aromatic rings. The molecule has 0 aromatic heterocycles. The van der Waals surface area contributed by atoms with E-state index in [9.17, 15) is 14.4 Å². The first kappa shape index (κ1) is 27.4. The number of piperidine rings is 1. The van der Waals surface area contributed by atoms with E-state index in [1.165, 1.54) is 0 Å². The molecule has 0 atom stereocenters. The Bertz CT molecular complexity index is 1470. The van der Waals surface area contributed by atoms with Crippen molar-refractivity contribution >= 4 is 29.2 Å². The highest BCUT2D eigenvalue weighted by Gasteiger charge is 2.54. The first-order valence-corrected chi connectivity index (χ1v) is 14.4. The van der Waals surface area contributed by atoms with Crippen LogP contribution in [0.15, 0.2) is 72.8 Å². The summed E-state index contributed by atoms with van der Waals surface area (Å²) >= 11 is 0. The molecule has 3 aliphatic rings. The summed E-state index contributed by atoms with van der Waals surface area (Å²) < 4.78 is 10.8. The van der Waals surface area contributed by atoms with E-state index in [0.717, 1.165) is 28.9 Å². The highest BCUT2D eigenvalue weighted by molar-refractivity contribution is 5.97. The van der Waals surface area contributed by atoms with Crippen molar-refractivity contribution in [2.24, 2.45) is 0 Å². The van der Waals surface area contributed by atoms with Gasteiger partial charge < -0.3 is 34.8 Å². The fourth-order valence-corrected chi connectivity index (χ4v) is 6.03. The number of urea groups is 1. The Balaban J connectivity index is 1.12. The zero-order valence-electron chi connectivity index (χ0n) is 23.7.